The number of nitrogens with zero attached hydrogens (tertiary/aromatic N) is 2. The second-order valence-corrected chi connectivity index (χ2v) is 3.96. The zero-order chi connectivity index (χ0) is 8.65. The third kappa shape index (κ3) is 1.62. The molecule has 0 aliphatic carbocycles. The third-order valence-electron chi connectivity index (χ3n) is 1.65. The van der Waals surface area contributed by atoms with Crippen molar-refractivity contribution in [3.8, 4) is 0 Å². The highest BCUT2D eigenvalue weighted by Gasteiger charge is 2.19. The van der Waals surface area contributed by atoms with Crippen molar-refractivity contribution in [2.24, 2.45) is 7.05 Å². The zero-order valence-corrected chi connectivity index (χ0v) is 7.89. The smallest absolute Gasteiger partial charge is 0.0894 e. The summed E-state index contributed by atoms with van der Waals surface area (Å²) in [5.74, 6) is 0. The van der Waals surface area contributed by atoms with Crippen LogP contribution >= 0.6 is 0 Å². The fourth-order valence-electron chi connectivity index (χ4n) is 1.26. The Hall–Kier alpha value is -0.790. The topological polar surface area (TPSA) is 17.8 Å². The molecule has 0 unspecified atom stereocenters. The van der Waals surface area contributed by atoms with Crippen LogP contribution in [0.4, 0.5) is 0 Å². The van der Waals surface area contributed by atoms with Gasteiger partial charge < -0.3 is 0 Å². The van der Waals surface area contributed by atoms with Crippen molar-refractivity contribution < 1.29 is 0 Å². The molecule has 0 spiro atoms. The van der Waals surface area contributed by atoms with Crippen molar-refractivity contribution in [1.82, 2.24) is 9.78 Å². The molecule has 0 aliphatic heterocycles. The van der Waals surface area contributed by atoms with Crippen LogP contribution in [0.25, 0.3) is 0 Å². The number of hydrogen-bond donors (Lipinski definition) is 0. The van der Waals surface area contributed by atoms with E-state index in [0.29, 0.717) is 0 Å². The summed E-state index contributed by atoms with van der Waals surface area (Å²) < 4.78 is 1.75. The summed E-state index contributed by atoms with van der Waals surface area (Å²) in [6.07, 6.45) is 3.12. The second-order valence-electron chi connectivity index (χ2n) is 3.96. The first kappa shape index (κ1) is 8.31. The SMILES string of the molecule is Cc1[c]n(C)nc1C(C)(C)C. The van der Waals surface area contributed by atoms with Crippen LogP contribution in [-0.2, 0) is 12.5 Å². The molecule has 0 fully saturated rings. The zero-order valence-electron chi connectivity index (χ0n) is 7.89. The summed E-state index contributed by atoms with van der Waals surface area (Å²) in [6, 6.07) is 0. The first-order chi connectivity index (χ1) is 4.91. The Morgan fingerprint density at radius 3 is 2.09 bits per heavy atom. The highest BCUT2D eigenvalue weighted by Crippen LogP contribution is 2.22. The fourth-order valence-corrected chi connectivity index (χ4v) is 1.26. The van der Waals surface area contributed by atoms with Gasteiger partial charge in [0.1, 0.15) is 0 Å². The highest BCUT2D eigenvalue weighted by atomic mass is 15.3. The summed E-state index contributed by atoms with van der Waals surface area (Å²) >= 11 is 0. The molecule has 61 valence electrons. The molecule has 0 aromatic carbocycles. The molecule has 1 aromatic heterocycles. The van der Waals surface area contributed by atoms with Gasteiger partial charge in [0, 0.05) is 18.0 Å². The van der Waals surface area contributed by atoms with E-state index < -0.39 is 0 Å². The Bertz CT molecular complexity index is 253. The predicted molar refractivity (Wildman–Crippen MR) is 45.5 cm³/mol. The molecule has 1 radical (unpaired) electrons. The number of hydrogen-bond acceptors (Lipinski definition) is 1. The first-order valence-electron chi connectivity index (χ1n) is 3.84. The molecular weight excluding hydrogens is 136 g/mol. The van der Waals surface area contributed by atoms with E-state index in [0.717, 1.165) is 11.3 Å². The molecule has 0 aliphatic rings. The van der Waals surface area contributed by atoms with Gasteiger partial charge in [-0.15, -0.1) is 0 Å². The molecule has 0 amide bonds. The summed E-state index contributed by atoms with van der Waals surface area (Å²) in [4.78, 5) is 0. The van der Waals surface area contributed by atoms with Gasteiger partial charge in [-0.1, -0.05) is 20.8 Å². The van der Waals surface area contributed by atoms with Crippen LogP contribution in [-0.4, -0.2) is 9.78 Å². The van der Waals surface area contributed by atoms with Crippen LogP contribution in [0.2, 0.25) is 0 Å². The molecule has 0 saturated heterocycles. The average Bonchev–Trinajstić information content (AvgIpc) is 2.08. The van der Waals surface area contributed by atoms with Gasteiger partial charge in [0.15, 0.2) is 0 Å². The Labute approximate surface area is 68.2 Å². The molecule has 11 heavy (non-hydrogen) atoms. The minimum Gasteiger partial charge on any atom is -0.266 e. The van der Waals surface area contributed by atoms with Gasteiger partial charge in [0.25, 0.3) is 0 Å². The van der Waals surface area contributed by atoms with E-state index in [1.165, 1.54) is 0 Å². The second kappa shape index (κ2) is 2.36. The Morgan fingerprint density at radius 2 is 1.91 bits per heavy atom. The molecule has 1 heterocycles. The number of rotatable bonds is 0. The van der Waals surface area contributed by atoms with Crippen molar-refractivity contribution in [2.75, 3.05) is 0 Å². The van der Waals surface area contributed by atoms with Gasteiger partial charge in [0.05, 0.1) is 11.9 Å². The van der Waals surface area contributed by atoms with Crippen LogP contribution in [0.3, 0.4) is 0 Å². The van der Waals surface area contributed by atoms with Gasteiger partial charge >= 0.3 is 0 Å². The van der Waals surface area contributed by atoms with E-state index in [9.17, 15) is 0 Å². The van der Waals surface area contributed by atoms with Gasteiger partial charge in [-0.25, -0.2) is 0 Å². The summed E-state index contributed by atoms with van der Waals surface area (Å²) in [6.45, 7) is 8.54. The Morgan fingerprint density at radius 1 is 1.36 bits per heavy atom. The fraction of sp³-hybridized carbons (Fsp3) is 0.667. The average molecular weight is 151 g/mol. The molecule has 0 saturated carbocycles. The normalized spacial score (nSPS) is 12.1. The minimum absolute atomic E-state index is 0.141. The predicted octanol–water partition coefficient (Wildman–Crippen LogP) is 1.83. The van der Waals surface area contributed by atoms with E-state index in [1.54, 1.807) is 4.68 Å². The lowest BCUT2D eigenvalue weighted by Crippen LogP contribution is -2.13. The van der Waals surface area contributed by atoms with E-state index in [-0.39, 0.29) is 5.41 Å². The van der Waals surface area contributed by atoms with E-state index >= 15 is 0 Å². The van der Waals surface area contributed by atoms with Crippen LogP contribution in [0.15, 0.2) is 0 Å². The third-order valence-corrected chi connectivity index (χ3v) is 1.65. The lowest BCUT2D eigenvalue weighted by atomic mass is 9.90. The van der Waals surface area contributed by atoms with Crippen molar-refractivity contribution in [3.63, 3.8) is 0 Å². The van der Waals surface area contributed by atoms with Gasteiger partial charge in [-0.2, -0.15) is 5.10 Å². The lowest BCUT2D eigenvalue weighted by Gasteiger charge is -2.15. The van der Waals surface area contributed by atoms with Crippen LogP contribution in [0, 0.1) is 13.1 Å². The molecule has 1 aromatic rings. The minimum atomic E-state index is 0.141. The maximum atomic E-state index is 4.34. The maximum Gasteiger partial charge on any atom is 0.0894 e. The molecule has 2 heteroatoms. The van der Waals surface area contributed by atoms with Crippen LogP contribution in [0.5, 0.6) is 0 Å². The van der Waals surface area contributed by atoms with Gasteiger partial charge in [-0.3, -0.25) is 4.68 Å². The molecule has 1 rings (SSSR count). The standard InChI is InChI=1S/C9H15N2/c1-7-6-11(5)10-8(7)9(2,3)4/h1-5H3. The lowest BCUT2D eigenvalue weighted by molar-refractivity contribution is 0.550. The summed E-state index contributed by atoms with van der Waals surface area (Å²) in [5.41, 5.74) is 2.43. The molecule has 0 N–H and O–H groups in total. The van der Waals surface area contributed by atoms with Crippen molar-refractivity contribution in [1.29, 1.82) is 0 Å². The summed E-state index contributed by atoms with van der Waals surface area (Å²) in [5, 5.41) is 4.34. The van der Waals surface area contributed by atoms with Crippen molar-refractivity contribution >= 4 is 0 Å². The van der Waals surface area contributed by atoms with Crippen molar-refractivity contribution in [3.05, 3.63) is 17.5 Å². The van der Waals surface area contributed by atoms with Crippen LogP contribution in [0.1, 0.15) is 32.0 Å². The molecule has 2 nitrogen and oxygen atoms in total. The van der Waals surface area contributed by atoms with Gasteiger partial charge in [0.2, 0.25) is 0 Å². The molecular formula is C9H15N2. The van der Waals surface area contributed by atoms with Crippen molar-refractivity contribution in [2.45, 2.75) is 33.1 Å². The Kier molecular flexibility index (Phi) is 1.78. The highest BCUT2D eigenvalue weighted by molar-refractivity contribution is 5.20. The Balaban J connectivity index is 3.13. The van der Waals surface area contributed by atoms with Gasteiger partial charge in [-0.05, 0) is 6.92 Å². The largest absolute Gasteiger partial charge is 0.266 e. The number of aryl methyl sites for hydroxylation is 2. The quantitative estimate of drug-likeness (QED) is 0.553. The van der Waals surface area contributed by atoms with E-state index in [1.807, 2.05) is 14.0 Å². The monoisotopic (exact) mass is 151 g/mol. The molecule has 0 bridgehead atoms. The van der Waals surface area contributed by atoms with Crippen LogP contribution < -0.4 is 0 Å². The molecule has 0 atom stereocenters. The van der Waals surface area contributed by atoms with E-state index in [2.05, 4.69) is 32.1 Å². The maximum absolute atomic E-state index is 4.34. The van der Waals surface area contributed by atoms with E-state index in [4.69, 9.17) is 0 Å². The summed E-state index contributed by atoms with van der Waals surface area (Å²) in [7, 11) is 1.90. The number of aromatic nitrogens is 2. The first-order valence-corrected chi connectivity index (χ1v) is 3.84.